The number of carbonyl (C=O) groups excluding carboxylic acids is 1. The fourth-order valence-electron chi connectivity index (χ4n) is 8.05. The van der Waals surface area contributed by atoms with Crippen molar-refractivity contribution in [2.75, 3.05) is 25.5 Å². The number of fused-ring (bicyclic) bond motifs is 1. The maximum absolute atomic E-state index is 13.6. The molecule has 4 bridgehead atoms. The largest absolute Gasteiger partial charge is 0.438 e. The Kier molecular flexibility index (Phi) is 5.09. The lowest BCUT2D eigenvalue weighted by Gasteiger charge is -2.57. The number of hydrogen-bond acceptors (Lipinski definition) is 4. The summed E-state index contributed by atoms with van der Waals surface area (Å²) in [5.41, 5.74) is 5.12. The van der Waals surface area contributed by atoms with Gasteiger partial charge in [0.2, 0.25) is 5.89 Å². The van der Waals surface area contributed by atoms with Crippen LogP contribution in [0.2, 0.25) is 0 Å². The number of aromatic nitrogens is 1. The summed E-state index contributed by atoms with van der Waals surface area (Å²) in [6.45, 7) is 0.769. The summed E-state index contributed by atoms with van der Waals surface area (Å²) in [6, 6.07) is 14.7. The molecule has 4 aliphatic carbocycles. The van der Waals surface area contributed by atoms with E-state index in [1.807, 2.05) is 25.1 Å². The lowest BCUT2D eigenvalue weighted by Crippen LogP contribution is -2.61. The van der Waals surface area contributed by atoms with Gasteiger partial charge in [0, 0.05) is 31.9 Å². The van der Waals surface area contributed by atoms with Gasteiger partial charge in [-0.1, -0.05) is 18.2 Å². The molecule has 2 heterocycles. The quantitative estimate of drug-likeness (QED) is 0.467. The molecule has 1 unspecified atom stereocenters. The zero-order valence-corrected chi connectivity index (χ0v) is 21.4. The van der Waals surface area contributed by atoms with Crippen molar-refractivity contribution in [3.05, 3.63) is 48.4 Å². The fourth-order valence-corrected chi connectivity index (χ4v) is 8.05. The molecule has 1 aliphatic heterocycles. The number of benzene rings is 2. The van der Waals surface area contributed by atoms with E-state index in [4.69, 9.17) is 9.40 Å². The fraction of sp³-hybridized carbons (Fsp3) is 0.533. The van der Waals surface area contributed by atoms with Gasteiger partial charge < -0.3 is 19.5 Å². The highest BCUT2D eigenvalue weighted by Gasteiger charge is 2.52. The van der Waals surface area contributed by atoms with Crippen LogP contribution in [0.25, 0.3) is 22.2 Å². The Balaban J connectivity index is 1.11. The minimum atomic E-state index is -0.0888. The normalized spacial score (nSPS) is 30.8. The Morgan fingerprint density at radius 1 is 1.00 bits per heavy atom. The summed E-state index contributed by atoms with van der Waals surface area (Å²) in [7, 11) is 4.10. The smallest absolute Gasteiger partial charge is 0.318 e. The van der Waals surface area contributed by atoms with Gasteiger partial charge in [0.1, 0.15) is 11.6 Å². The van der Waals surface area contributed by atoms with Crippen LogP contribution >= 0.6 is 0 Å². The summed E-state index contributed by atoms with van der Waals surface area (Å²) in [6.07, 6.45) is 9.55. The maximum Gasteiger partial charge on any atom is 0.318 e. The zero-order valence-electron chi connectivity index (χ0n) is 21.4. The van der Waals surface area contributed by atoms with E-state index in [2.05, 4.69) is 46.6 Å². The molecule has 8 rings (SSSR count). The maximum atomic E-state index is 13.6. The third-order valence-corrected chi connectivity index (χ3v) is 9.33. The number of hydrogen-bond donors (Lipinski definition) is 1. The van der Waals surface area contributed by atoms with Crippen molar-refractivity contribution in [3.8, 4) is 11.1 Å². The highest BCUT2D eigenvalue weighted by atomic mass is 16.4. The van der Waals surface area contributed by atoms with Crippen LogP contribution in [0, 0.1) is 17.8 Å². The van der Waals surface area contributed by atoms with Crippen LogP contribution in [0.15, 0.2) is 46.9 Å². The van der Waals surface area contributed by atoms with E-state index in [-0.39, 0.29) is 17.6 Å². The lowest BCUT2D eigenvalue weighted by molar-refractivity contribution is -0.0160. The molecule has 188 valence electrons. The van der Waals surface area contributed by atoms with Gasteiger partial charge in [-0.15, -0.1) is 0 Å². The molecule has 2 aromatic carbocycles. The summed E-state index contributed by atoms with van der Waals surface area (Å²) < 4.78 is 6.23. The van der Waals surface area contributed by atoms with Crippen molar-refractivity contribution in [2.24, 2.45) is 17.8 Å². The van der Waals surface area contributed by atoms with E-state index < -0.39 is 0 Å². The van der Waals surface area contributed by atoms with Crippen LogP contribution in [0.3, 0.4) is 0 Å². The first-order chi connectivity index (χ1) is 17.4. The SMILES string of the molecule is CN(C)c1ccc(-c2ccc3oc(C4CCCN4C(=O)NC45CC6CC(CC(C6)C4)C5)nc3c2)cc1. The Morgan fingerprint density at radius 2 is 1.67 bits per heavy atom. The van der Waals surface area contributed by atoms with E-state index in [9.17, 15) is 4.79 Å². The topological polar surface area (TPSA) is 61.6 Å². The highest BCUT2D eigenvalue weighted by molar-refractivity contribution is 5.81. The van der Waals surface area contributed by atoms with Crippen LogP contribution < -0.4 is 10.2 Å². The molecule has 2 amide bonds. The van der Waals surface area contributed by atoms with Crippen LogP contribution in [0.5, 0.6) is 0 Å². The molecule has 3 aromatic rings. The third-order valence-electron chi connectivity index (χ3n) is 9.33. The van der Waals surface area contributed by atoms with Crippen molar-refractivity contribution >= 4 is 22.8 Å². The van der Waals surface area contributed by atoms with E-state index in [0.717, 1.165) is 59.4 Å². The highest BCUT2D eigenvalue weighted by Crippen LogP contribution is 2.55. The van der Waals surface area contributed by atoms with Crippen LogP contribution in [-0.2, 0) is 0 Å². The van der Waals surface area contributed by atoms with Crippen LogP contribution in [-0.4, -0.2) is 42.1 Å². The number of carbonyl (C=O) groups is 1. The molecular formula is C30H36N4O2. The molecule has 1 atom stereocenters. The summed E-state index contributed by atoms with van der Waals surface area (Å²) in [5.74, 6) is 3.12. The summed E-state index contributed by atoms with van der Waals surface area (Å²) in [5, 5.41) is 3.56. The first-order valence-electron chi connectivity index (χ1n) is 13.7. The first kappa shape index (κ1) is 22.2. The average molecular weight is 485 g/mol. The van der Waals surface area contributed by atoms with Crippen molar-refractivity contribution in [1.29, 1.82) is 0 Å². The molecule has 4 saturated carbocycles. The van der Waals surface area contributed by atoms with Gasteiger partial charge in [-0.3, -0.25) is 0 Å². The van der Waals surface area contributed by atoms with Crippen LogP contribution in [0.1, 0.15) is 63.3 Å². The Morgan fingerprint density at radius 3 is 2.33 bits per heavy atom. The first-order valence-corrected chi connectivity index (χ1v) is 13.7. The van der Waals surface area contributed by atoms with E-state index >= 15 is 0 Å². The van der Waals surface area contributed by atoms with Gasteiger partial charge in [0.15, 0.2) is 5.58 Å². The summed E-state index contributed by atoms with van der Waals surface area (Å²) >= 11 is 0. The number of oxazole rings is 1. The molecular weight excluding hydrogens is 448 g/mol. The lowest BCUT2D eigenvalue weighted by atomic mass is 9.53. The second kappa shape index (κ2) is 8.25. The molecule has 5 fully saturated rings. The predicted molar refractivity (Wildman–Crippen MR) is 142 cm³/mol. The molecule has 6 heteroatoms. The minimum Gasteiger partial charge on any atom is -0.438 e. The number of nitrogens with zero attached hydrogens (tertiary/aromatic N) is 3. The van der Waals surface area contributed by atoms with E-state index in [0.29, 0.717) is 5.89 Å². The van der Waals surface area contributed by atoms with Crippen LogP contribution in [0.4, 0.5) is 10.5 Å². The Bertz CT molecular complexity index is 1260. The second-order valence-corrected chi connectivity index (χ2v) is 12.2. The standard InChI is InChI=1S/C30H36N4O2/c1-33(2)24-8-5-22(6-9-24)23-7-10-27-25(15-23)31-28(36-27)26-4-3-11-34(26)29(35)32-30-16-19-12-20(17-30)14-21(13-19)18-30/h5-10,15,19-21,26H,3-4,11-14,16-18H2,1-2H3,(H,32,35). The van der Waals surface area contributed by atoms with E-state index in [1.54, 1.807) is 0 Å². The van der Waals surface area contributed by atoms with Gasteiger partial charge in [0.25, 0.3) is 0 Å². The van der Waals surface area contributed by atoms with Gasteiger partial charge >= 0.3 is 6.03 Å². The number of urea groups is 1. The molecule has 0 spiro atoms. The monoisotopic (exact) mass is 484 g/mol. The molecule has 1 N–H and O–H groups in total. The second-order valence-electron chi connectivity index (χ2n) is 12.2. The van der Waals surface area contributed by atoms with Gasteiger partial charge in [-0.05, 0) is 105 Å². The molecule has 1 saturated heterocycles. The number of amides is 2. The Hall–Kier alpha value is -3.02. The molecule has 36 heavy (non-hydrogen) atoms. The van der Waals surface area contributed by atoms with Gasteiger partial charge in [-0.2, -0.15) is 0 Å². The van der Waals surface area contributed by atoms with Gasteiger partial charge in [-0.25, -0.2) is 9.78 Å². The van der Waals surface area contributed by atoms with Crippen molar-refractivity contribution in [1.82, 2.24) is 15.2 Å². The average Bonchev–Trinajstić information content (AvgIpc) is 3.49. The van der Waals surface area contributed by atoms with Crippen molar-refractivity contribution in [2.45, 2.75) is 62.9 Å². The van der Waals surface area contributed by atoms with Gasteiger partial charge in [0.05, 0.1) is 0 Å². The minimum absolute atomic E-state index is 0.0251. The molecule has 0 radical (unpaired) electrons. The number of rotatable bonds is 4. The Labute approximate surface area is 213 Å². The number of anilines is 1. The summed E-state index contributed by atoms with van der Waals surface area (Å²) in [4.78, 5) is 22.6. The predicted octanol–water partition coefficient (Wildman–Crippen LogP) is 6.38. The van der Waals surface area contributed by atoms with Crippen molar-refractivity contribution in [3.63, 3.8) is 0 Å². The zero-order chi connectivity index (χ0) is 24.4. The number of nitrogens with one attached hydrogen (secondary N) is 1. The molecule has 5 aliphatic rings. The molecule has 1 aromatic heterocycles. The van der Waals surface area contributed by atoms with Crippen molar-refractivity contribution < 1.29 is 9.21 Å². The molecule has 6 nitrogen and oxygen atoms in total. The van der Waals surface area contributed by atoms with E-state index in [1.165, 1.54) is 44.2 Å². The third kappa shape index (κ3) is 3.77. The number of likely N-dealkylation sites (tertiary alicyclic amines) is 1.